The van der Waals surface area contributed by atoms with Crippen LogP contribution in [0.25, 0.3) is 10.9 Å². The van der Waals surface area contributed by atoms with Crippen LogP contribution in [0.15, 0.2) is 49.1 Å². The number of aromatic nitrogens is 4. The molecule has 4 aromatic rings. The molecule has 35 heavy (non-hydrogen) atoms. The Labute approximate surface area is 205 Å². The minimum atomic E-state index is -0.426. The molecular weight excluding hydrogens is 471 g/mol. The Bertz CT molecular complexity index is 1390. The van der Waals surface area contributed by atoms with Gasteiger partial charge in [-0.3, -0.25) is 19.3 Å². The molecule has 10 heteroatoms. The Hall–Kier alpha value is -3.72. The maximum Gasteiger partial charge on any atom is 0.251 e. The third kappa shape index (κ3) is 5.68. The molecule has 0 bridgehead atoms. The minimum absolute atomic E-state index is 0.0226. The zero-order valence-electron chi connectivity index (χ0n) is 18.9. The van der Waals surface area contributed by atoms with Crippen LogP contribution < -0.4 is 10.6 Å². The van der Waals surface area contributed by atoms with Gasteiger partial charge in [-0.1, -0.05) is 11.6 Å². The van der Waals surface area contributed by atoms with Gasteiger partial charge in [-0.15, -0.1) is 0 Å². The topological polar surface area (TPSA) is 105 Å². The number of halogens is 2. The zero-order valence-corrected chi connectivity index (χ0v) is 19.6. The van der Waals surface area contributed by atoms with Gasteiger partial charge in [0.05, 0.1) is 23.5 Å². The van der Waals surface area contributed by atoms with Crippen molar-refractivity contribution in [2.75, 3.05) is 0 Å². The molecule has 0 aliphatic heterocycles. The lowest BCUT2D eigenvalue weighted by atomic mass is 10.1. The smallest absolute Gasteiger partial charge is 0.251 e. The highest BCUT2D eigenvalue weighted by Gasteiger charge is 2.24. The lowest BCUT2D eigenvalue weighted by molar-refractivity contribution is -0.121. The van der Waals surface area contributed by atoms with Crippen LogP contribution >= 0.6 is 11.6 Å². The van der Waals surface area contributed by atoms with Gasteiger partial charge >= 0.3 is 0 Å². The number of amides is 2. The second kappa shape index (κ2) is 9.87. The Morgan fingerprint density at radius 2 is 2.06 bits per heavy atom. The summed E-state index contributed by atoms with van der Waals surface area (Å²) < 4.78 is 16.1. The van der Waals surface area contributed by atoms with Crippen molar-refractivity contribution in [3.63, 3.8) is 0 Å². The molecule has 1 saturated carbocycles. The fourth-order valence-electron chi connectivity index (χ4n) is 3.88. The fraction of sp³-hybridized carbons (Fsp3) is 0.280. The fourth-order valence-corrected chi connectivity index (χ4v) is 4.09. The molecular formula is C25H24ClFN6O2. The molecule has 8 nitrogen and oxygen atoms in total. The van der Waals surface area contributed by atoms with Crippen molar-refractivity contribution in [2.45, 2.75) is 38.9 Å². The quantitative estimate of drug-likeness (QED) is 0.327. The van der Waals surface area contributed by atoms with Gasteiger partial charge in [-0.05, 0) is 43.0 Å². The van der Waals surface area contributed by atoms with Gasteiger partial charge < -0.3 is 15.6 Å². The van der Waals surface area contributed by atoms with Crippen LogP contribution in [0, 0.1) is 11.7 Å². The van der Waals surface area contributed by atoms with Crippen molar-refractivity contribution in [3.05, 3.63) is 82.3 Å². The van der Waals surface area contributed by atoms with E-state index in [0.717, 1.165) is 18.4 Å². The molecule has 3 N–H and O–H groups in total. The van der Waals surface area contributed by atoms with Gasteiger partial charge in [0.25, 0.3) is 5.91 Å². The van der Waals surface area contributed by atoms with Crippen LogP contribution in [0.2, 0.25) is 5.02 Å². The lowest BCUT2D eigenvalue weighted by Crippen LogP contribution is -2.23. The number of H-pyrrole nitrogens is 1. The van der Waals surface area contributed by atoms with E-state index in [1.807, 2.05) is 6.20 Å². The van der Waals surface area contributed by atoms with E-state index in [2.05, 4.69) is 25.7 Å². The Morgan fingerprint density at radius 1 is 1.20 bits per heavy atom. The van der Waals surface area contributed by atoms with E-state index in [9.17, 15) is 14.0 Å². The first-order valence-electron chi connectivity index (χ1n) is 11.4. The predicted molar refractivity (Wildman–Crippen MR) is 129 cm³/mol. The number of carbonyl (C=O) groups is 2. The van der Waals surface area contributed by atoms with Gasteiger partial charge in [-0.2, -0.15) is 5.10 Å². The summed E-state index contributed by atoms with van der Waals surface area (Å²) in [6.07, 6.45) is 9.58. The molecule has 2 amide bonds. The average molecular weight is 495 g/mol. The average Bonchev–Trinajstić information content (AvgIpc) is 3.43. The number of rotatable bonds is 9. The number of nitrogens with zero attached hydrogens (tertiary/aromatic N) is 3. The van der Waals surface area contributed by atoms with Gasteiger partial charge in [0.2, 0.25) is 5.91 Å². The van der Waals surface area contributed by atoms with Crippen molar-refractivity contribution in [2.24, 2.45) is 5.92 Å². The molecule has 0 saturated heterocycles. The van der Waals surface area contributed by atoms with E-state index in [1.54, 1.807) is 41.5 Å². The highest BCUT2D eigenvalue weighted by Crippen LogP contribution is 2.32. The van der Waals surface area contributed by atoms with Crippen LogP contribution in [0.5, 0.6) is 0 Å². The predicted octanol–water partition coefficient (Wildman–Crippen LogP) is 3.95. The molecule has 180 valence electrons. The molecule has 0 radical (unpaired) electrons. The highest BCUT2D eigenvalue weighted by molar-refractivity contribution is 6.35. The first-order valence-corrected chi connectivity index (χ1v) is 11.8. The van der Waals surface area contributed by atoms with Gasteiger partial charge in [0.15, 0.2) is 0 Å². The molecule has 3 aromatic heterocycles. The summed E-state index contributed by atoms with van der Waals surface area (Å²) in [4.78, 5) is 31.8. The Morgan fingerprint density at radius 3 is 2.89 bits per heavy atom. The third-order valence-corrected chi connectivity index (χ3v) is 6.30. The third-order valence-electron chi connectivity index (χ3n) is 5.99. The van der Waals surface area contributed by atoms with E-state index in [-0.39, 0.29) is 18.4 Å². The Balaban J connectivity index is 1.18. The second-order valence-corrected chi connectivity index (χ2v) is 9.22. The van der Waals surface area contributed by atoms with Gasteiger partial charge in [0, 0.05) is 65.7 Å². The lowest BCUT2D eigenvalue weighted by Gasteiger charge is -2.08. The summed E-state index contributed by atoms with van der Waals surface area (Å²) >= 11 is 6.12. The SMILES string of the molecule is O=C(CC1CC1)NCc1cnn(Cc2cc(C(=O)NCc3cc4c(Cl)c[nH]c4cc3F)ccn2)c1. The van der Waals surface area contributed by atoms with Crippen molar-refractivity contribution >= 4 is 34.3 Å². The number of fused-ring (bicyclic) bond motifs is 1. The van der Waals surface area contributed by atoms with Crippen LogP contribution in [-0.2, 0) is 24.4 Å². The summed E-state index contributed by atoms with van der Waals surface area (Å²) in [7, 11) is 0. The van der Waals surface area contributed by atoms with E-state index in [4.69, 9.17) is 11.6 Å². The number of hydrogen-bond acceptors (Lipinski definition) is 4. The largest absolute Gasteiger partial charge is 0.360 e. The summed E-state index contributed by atoms with van der Waals surface area (Å²) in [5.74, 6) is -0.150. The van der Waals surface area contributed by atoms with Crippen molar-refractivity contribution in [1.29, 1.82) is 0 Å². The van der Waals surface area contributed by atoms with Crippen molar-refractivity contribution < 1.29 is 14.0 Å². The number of carbonyl (C=O) groups excluding carboxylic acids is 2. The molecule has 3 heterocycles. The molecule has 0 atom stereocenters. The first kappa shape index (κ1) is 23.0. The van der Waals surface area contributed by atoms with Crippen molar-refractivity contribution in [3.8, 4) is 0 Å². The number of benzene rings is 1. The first-order chi connectivity index (χ1) is 16.9. The summed E-state index contributed by atoms with van der Waals surface area (Å²) in [5.41, 5.74) is 2.90. The van der Waals surface area contributed by atoms with Gasteiger partial charge in [-0.25, -0.2) is 4.39 Å². The van der Waals surface area contributed by atoms with E-state index in [0.29, 0.717) is 58.2 Å². The van der Waals surface area contributed by atoms with E-state index >= 15 is 0 Å². The number of aromatic amines is 1. The van der Waals surface area contributed by atoms with Gasteiger partial charge in [0.1, 0.15) is 5.82 Å². The van der Waals surface area contributed by atoms with Crippen molar-refractivity contribution in [1.82, 2.24) is 30.4 Å². The molecule has 1 aliphatic rings. The van der Waals surface area contributed by atoms with Crippen LogP contribution in [0.4, 0.5) is 4.39 Å². The van der Waals surface area contributed by atoms with Crippen LogP contribution in [0.3, 0.4) is 0 Å². The van der Waals surface area contributed by atoms with E-state index in [1.165, 1.54) is 6.07 Å². The zero-order chi connectivity index (χ0) is 24.4. The molecule has 1 aromatic carbocycles. The Kier molecular flexibility index (Phi) is 6.50. The standard InChI is InChI=1S/C25H24ClFN6O2/c26-21-12-29-23-8-22(27)18(7-20(21)23)11-31-25(35)17-3-4-28-19(6-17)14-33-13-16(10-32-33)9-30-24(34)5-15-1-2-15/h3-4,6-8,10,12-13,15,29H,1-2,5,9,11,14H2,(H,30,34)(H,31,35). The molecule has 0 spiro atoms. The van der Waals surface area contributed by atoms with E-state index < -0.39 is 5.82 Å². The number of nitrogens with one attached hydrogen (secondary N) is 3. The number of pyridine rings is 1. The molecule has 1 aliphatic carbocycles. The molecule has 0 unspecified atom stereocenters. The maximum atomic E-state index is 14.4. The second-order valence-electron chi connectivity index (χ2n) is 8.81. The normalized spacial score (nSPS) is 13.2. The maximum absolute atomic E-state index is 14.4. The summed E-state index contributed by atoms with van der Waals surface area (Å²) in [6.45, 7) is 0.820. The minimum Gasteiger partial charge on any atom is -0.360 e. The number of hydrogen-bond donors (Lipinski definition) is 3. The summed E-state index contributed by atoms with van der Waals surface area (Å²) in [6, 6.07) is 6.28. The monoisotopic (exact) mass is 494 g/mol. The molecule has 5 rings (SSSR count). The van der Waals surface area contributed by atoms with Crippen LogP contribution in [0.1, 0.15) is 46.4 Å². The highest BCUT2D eigenvalue weighted by atomic mass is 35.5. The van der Waals surface area contributed by atoms with Crippen LogP contribution in [-0.4, -0.2) is 31.6 Å². The summed E-state index contributed by atoms with van der Waals surface area (Å²) in [5, 5.41) is 11.2. The molecule has 1 fully saturated rings.